The van der Waals surface area contributed by atoms with Crippen LogP contribution in [0.1, 0.15) is 16.7 Å². The topological polar surface area (TPSA) is 24.1 Å². The molecule has 0 atom stereocenters. The van der Waals surface area contributed by atoms with Gasteiger partial charge in [0.25, 0.3) is 0 Å². The molecule has 0 saturated heterocycles. The Labute approximate surface area is 193 Å². The fourth-order valence-corrected chi connectivity index (χ4v) is 6.36. The van der Waals surface area contributed by atoms with Crippen molar-refractivity contribution in [3.05, 3.63) is 126 Å². The average Bonchev–Trinajstić information content (AvgIpc) is 2.85. The van der Waals surface area contributed by atoms with Crippen molar-refractivity contribution in [1.82, 2.24) is 10.6 Å². The number of nitrogens with one attached hydrogen (secondary N) is 2. The molecule has 4 rings (SSSR count). The molecule has 0 aromatic heterocycles. The molecule has 2 nitrogen and oxygen atoms in total. The number of aryl methyl sites for hydroxylation is 1. The Morgan fingerprint density at radius 1 is 0.531 bits per heavy atom. The van der Waals surface area contributed by atoms with Crippen LogP contribution in [0.4, 0.5) is 0 Å². The van der Waals surface area contributed by atoms with Gasteiger partial charge in [-0.1, -0.05) is 109 Å². The highest BCUT2D eigenvalue weighted by molar-refractivity contribution is 7.79. The fraction of sp³-hybridized carbons (Fsp3) is 0.172. The molecule has 0 aliphatic heterocycles. The fourth-order valence-electron chi connectivity index (χ4n) is 3.89. The number of hydrogen-bond acceptors (Lipinski definition) is 2. The van der Waals surface area contributed by atoms with E-state index in [1.165, 1.54) is 32.6 Å². The minimum atomic E-state index is -0.584. The van der Waals surface area contributed by atoms with E-state index in [2.05, 4.69) is 127 Å². The molecular weight excluding hydrogens is 407 g/mol. The van der Waals surface area contributed by atoms with Crippen LogP contribution in [0.3, 0.4) is 0 Å². The second-order valence-electron chi connectivity index (χ2n) is 7.92. The van der Waals surface area contributed by atoms with Crippen LogP contribution in [0.5, 0.6) is 0 Å². The normalized spacial score (nSPS) is 11.1. The molecule has 4 aromatic carbocycles. The maximum absolute atomic E-state index is 3.65. The van der Waals surface area contributed by atoms with Crippen LogP contribution in [0.2, 0.25) is 0 Å². The van der Waals surface area contributed by atoms with Gasteiger partial charge < -0.3 is 10.6 Å². The van der Waals surface area contributed by atoms with Crippen LogP contribution in [-0.4, -0.2) is 13.1 Å². The zero-order valence-corrected chi connectivity index (χ0v) is 19.6. The van der Waals surface area contributed by atoms with Gasteiger partial charge in [0.2, 0.25) is 0 Å². The van der Waals surface area contributed by atoms with Crippen LogP contribution in [0.25, 0.3) is 0 Å². The molecule has 0 unspecified atom stereocenters. The van der Waals surface area contributed by atoms with Crippen molar-refractivity contribution in [2.75, 3.05) is 13.1 Å². The van der Waals surface area contributed by atoms with Crippen LogP contribution in [0.15, 0.2) is 109 Å². The summed E-state index contributed by atoms with van der Waals surface area (Å²) < 4.78 is 0. The van der Waals surface area contributed by atoms with Crippen molar-refractivity contribution >= 4 is 23.8 Å². The summed E-state index contributed by atoms with van der Waals surface area (Å²) in [6.07, 6.45) is 0. The predicted octanol–water partition coefficient (Wildman–Crippen LogP) is 4.63. The van der Waals surface area contributed by atoms with Crippen molar-refractivity contribution < 1.29 is 0 Å². The summed E-state index contributed by atoms with van der Waals surface area (Å²) in [6.45, 7) is 5.85. The average molecular weight is 439 g/mol. The maximum atomic E-state index is 3.65. The molecule has 4 aromatic rings. The summed E-state index contributed by atoms with van der Waals surface area (Å²) in [5.74, 6) is 0. The highest BCUT2D eigenvalue weighted by Crippen LogP contribution is 2.33. The van der Waals surface area contributed by atoms with Crippen molar-refractivity contribution in [1.29, 1.82) is 0 Å². The summed E-state index contributed by atoms with van der Waals surface area (Å²) in [6, 6.07) is 39.3. The van der Waals surface area contributed by atoms with Crippen LogP contribution < -0.4 is 26.5 Å². The third-order valence-corrected chi connectivity index (χ3v) is 8.18. The Balaban J connectivity index is 1.42. The first-order valence-electron chi connectivity index (χ1n) is 11.3. The summed E-state index contributed by atoms with van der Waals surface area (Å²) in [4.78, 5) is 0. The van der Waals surface area contributed by atoms with Crippen LogP contribution in [0, 0.1) is 6.92 Å². The summed E-state index contributed by atoms with van der Waals surface area (Å²) >= 11 is 0. The number of benzene rings is 4. The lowest BCUT2D eigenvalue weighted by Gasteiger charge is -2.22. The van der Waals surface area contributed by atoms with E-state index in [9.17, 15) is 0 Å². The highest BCUT2D eigenvalue weighted by atomic mass is 31.1. The number of rotatable bonds is 10. The monoisotopic (exact) mass is 438 g/mol. The first kappa shape index (κ1) is 22.4. The van der Waals surface area contributed by atoms with E-state index in [0.717, 1.165) is 26.2 Å². The van der Waals surface area contributed by atoms with Crippen LogP contribution in [-0.2, 0) is 13.1 Å². The Morgan fingerprint density at radius 3 is 1.59 bits per heavy atom. The van der Waals surface area contributed by atoms with Gasteiger partial charge in [-0.3, -0.25) is 0 Å². The lowest BCUT2D eigenvalue weighted by Crippen LogP contribution is -2.30. The molecule has 0 spiro atoms. The van der Waals surface area contributed by atoms with Crippen molar-refractivity contribution in [3.63, 3.8) is 0 Å². The van der Waals surface area contributed by atoms with E-state index in [-0.39, 0.29) is 0 Å². The molecule has 0 radical (unpaired) electrons. The van der Waals surface area contributed by atoms with Crippen molar-refractivity contribution in [2.24, 2.45) is 0 Å². The molecule has 0 aliphatic carbocycles. The van der Waals surface area contributed by atoms with Gasteiger partial charge >= 0.3 is 0 Å². The van der Waals surface area contributed by atoms with Gasteiger partial charge in [0.05, 0.1) is 0 Å². The van der Waals surface area contributed by atoms with Gasteiger partial charge in [-0.05, 0) is 47.4 Å². The molecule has 0 saturated carbocycles. The van der Waals surface area contributed by atoms with Gasteiger partial charge in [0, 0.05) is 26.2 Å². The smallest absolute Gasteiger partial charge is 0.0212 e. The molecule has 0 aliphatic rings. The lowest BCUT2D eigenvalue weighted by molar-refractivity contribution is 0.611. The van der Waals surface area contributed by atoms with E-state index >= 15 is 0 Å². The Kier molecular flexibility index (Phi) is 8.23. The largest absolute Gasteiger partial charge is 0.311 e. The minimum Gasteiger partial charge on any atom is -0.311 e. The first-order valence-corrected chi connectivity index (χ1v) is 12.6. The molecule has 0 amide bonds. The second kappa shape index (κ2) is 11.7. The molecule has 32 heavy (non-hydrogen) atoms. The quantitative estimate of drug-likeness (QED) is 0.279. The number of hydrogen-bond donors (Lipinski definition) is 2. The second-order valence-corrected chi connectivity index (χ2v) is 10.1. The lowest BCUT2D eigenvalue weighted by atomic mass is 10.1. The molecule has 3 heteroatoms. The third kappa shape index (κ3) is 5.93. The van der Waals surface area contributed by atoms with Gasteiger partial charge in [-0.25, -0.2) is 0 Å². The third-order valence-electron chi connectivity index (χ3n) is 5.63. The Bertz CT molecular complexity index is 1060. The van der Waals surface area contributed by atoms with Crippen LogP contribution >= 0.6 is 7.92 Å². The minimum absolute atomic E-state index is 0.584. The maximum Gasteiger partial charge on any atom is 0.0212 e. The van der Waals surface area contributed by atoms with Gasteiger partial charge in [0.1, 0.15) is 0 Å². The van der Waals surface area contributed by atoms with Crippen molar-refractivity contribution in [3.8, 4) is 0 Å². The van der Waals surface area contributed by atoms with Gasteiger partial charge in [-0.15, -0.1) is 0 Å². The summed E-state index contributed by atoms with van der Waals surface area (Å²) in [7, 11) is -0.584. The molecule has 0 bridgehead atoms. The summed E-state index contributed by atoms with van der Waals surface area (Å²) in [5.41, 5.74) is 4.09. The molecule has 0 heterocycles. The standard InChI is InChI=1S/C29H31N2P/c1-24-12-8-9-13-25(24)22-30-20-21-31-23-26-14-10-11-19-29(26)32(27-15-4-2-5-16-27)28-17-6-3-7-18-28/h2-19,30-31H,20-23H2,1H3. The van der Waals surface area contributed by atoms with E-state index in [0.29, 0.717) is 0 Å². The zero-order valence-electron chi connectivity index (χ0n) is 18.7. The van der Waals surface area contributed by atoms with Gasteiger partial charge in [-0.2, -0.15) is 0 Å². The predicted molar refractivity (Wildman–Crippen MR) is 140 cm³/mol. The van der Waals surface area contributed by atoms with Gasteiger partial charge in [0.15, 0.2) is 0 Å². The summed E-state index contributed by atoms with van der Waals surface area (Å²) in [5, 5.41) is 11.4. The molecular formula is C29H31N2P. The Morgan fingerprint density at radius 2 is 1.00 bits per heavy atom. The first-order chi connectivity index (χ1) is 15.8. The zero-order chi connectivity index (χ0) is 22.0. The van der Waals surface area contributed by atoms with Crippen molar-refractivity contribution in [2.45, 2.75) is 20.0 Å². The highest BCUT2D eigenvalue weighted by Gasteiger charge is 2.18. The SMILES string of the molecule is Cc1ccccc1CNCCNCc1ccccc1P(c1ccccc1)c1ccccc1. The molecule has 2 N–H and O–H groups in total. The van der Waals surface area contributed by atoms with E-state index < -0.39 is 7.92 Å². The molecule has 162 valence electrons. The Hall–Kier alpha value is -2.77. The van der Waals surface area contributed by atoms with E-state index in [1.54, 1.807) is 0 Å². The molecule has 0 fully saturated rings. The van der Waals surface area contributed by atoms with E-state index in [1.807, 2.05) is 0 Å². The van der Waals surface area contributed by atoms with E-state index in [4.69, 9.17) is 0 Å².